The molecule has 0 fully saturated rings. The third-order valence-corrected chi connectivity index (χ3v) is 4.08. The molecule has 6 nitrogen and oxygen atoms in total. The van der Waals surface area contributed by atoms with Crippen LogP contribution >= 0.6 is 0 Å². The van der Waals surface area contributed by atoms with Gasteiger partial charge in [-0.2, -0.15) is 0 Å². The van der Waals surface area contributed by atoms with Gasteiger partial charge in [-0.1, -0.05) is 77.6 Å². The van der Waals surface area contributed by atoms with Crippen molar-refractivity contribution in [2.45, 2.75) is 96.2 Å². The van der Waals surface area contributed by atoms with Crippen molar-refractivity contribution in [1.29, 1.82) is 0 Å². The summed E-state index contributed by atoms with van der Waals surface area (Å²) in [4.78, 5) is 21.4. The molecular formula is C18H34O6. The highest BCUT2D eigenvalue weighted by Crippen LogP contribution is 2.12. The van der Waals surface area contributed by atoms with Crippen LogP contribution in [0.1, 0.15) is 84.0 Å². The molecule has 0 bridgehead atoms. The molecule has 0 rings (SSSR count). The quantitative estimate of drug-likeness (QED) is 0.348. The molecule has 0 radical (unpaired) electrons. The predicted molar refractivity (Wildman–Crippen MR) is 92.1 cm³/mol. The molecule has 6 heteroatoms. The Kier molecular flexibility index (Phi) is 14.7. The van der Waals surface area contributed by atoms with E-state index in [0.29, 0.717) is 6.42 Å². The lowest BCUT2D eigenvalue weighted by molar-refractivity contribution is -0.171. The molecule has 0 aliphatic rings. The largest absolute Gasteiger partial charge is 0.479 e. The number of carbonyl (C=O) groups is 2. The van der Waals surface area contributed by atoms with Crippen molar-refractivity contribution >= 4 is 11.9 Å². The highest BCUT2D eigenvalue weighted by molar-refractivity contribution is 5.83. The molecule has 0 aliphatic carbocycles. The van der Waals surface area contributed by atoms with E-state index in [9.17, 15) is 14.7 Å². The van der Waals surface area contributed by atoms with Gasteiger partial charge in [-0.05, 0) is 6.42 Å². The lowest BCUT2D eigenvalue weighted by atomic mass is 10.1. The maximum Gasteiger partial charge on any atom is 0.336 e. The number of aliphatic carboxylic acids is 2. The second-order valence-electron chi connectivity index (χ2n) is 6.30. The van der Waals surface area contributed by atoms with E-state index in [1.165, 1.54) is 51.4 Å². The van der Waals surface area contributed by atoms with E-state index in [0.717, 1.165) is 19.3 Å². The summed E-state index contributed by atoms with van der Waals surface area (Å²) in [6.07, 6.45) is 10.6. The van der Waals surface area contributed by atoms with Crippen LogP contribution in [0.25, 0.3) is 0 Å². The van der Waals surface area contributed by atoms with Gasteiger partial charge < -0.3 is 20.1 Å². The van der Waals surface area contributed by atoms with Crippen LogP contribution in [0.15, 0.2) is 0 Å². The molecule has 3 N–H and O–H groups in total. The van der Waals surface area contributed by atoms with E-state index in [2.05, 4.69) is 6.92 Å². The molecule has 24 heavy (non-hydrogen) atoms. The smallest absolute Gasteiger partial charge is 0.336 e. The summed E-state index contributed by atoms with van der Waals surface area (Å²) in [5.74, 6) is -3.04. The molecule has 0 spiro atoms. The van der Waals surface area contributed by atoms with Crippen LogP contribution in [0.3, 0.4) is 0 Å². The normalized spacial score (nSPS) is 13.6. The maximum atomic E-state index is 10.8. The highest BCUT2D eigenvalue weighted by Gasteiger charge is 2.32. The number of ether oxygens (including phenoxy) is 1. The van der Waals surface area contributed by atoms with E-state index in [-0.39, 0.29) is 6.61 Å². The Morgan fingerprint density at radius 2 is 1.17 bits per heavy atom. The van der Waals surface area contributed by atoms with Crippen molar-refractivity contribution in [2.75, 3.05) is 6.61 Å². The minimum Gasteiger partial charge on any atom is -0.479 e. The molecule has 0 saturated heterocycles. The van der Waals surface area contributed by atoms with Crippen LogP contribution in [0, 0.1) is 0 Å². The van der Waals surface area contributed by atoms with Crippen LogP contribution in [0.5, 0.6) is 0 Å². The first-order chi connectivity index (χ1) is 11.5. The summed E-state index contributed by atoms with van der Waals surface area (Å²) in [6.45, 7) is 2.37. The Hall–Kier alpha value is -1.14. The molecule has 0 aromatic carbocycles. The van der Waals surface area contributed by atoms with Gasteiger partial charge in [0.2, 0.25) is 0 Å². The molecule has 0 amide bonds. The summed E-state index contributed by atoms with van der Waals surface area (Å²) in [5, 5.41) is 26.7. The van der Waals surface area contributed by atoms with Crippen molar-refractivity contribution in [2.24, 2.45) is 0 Å². The third-order valence-electron chi connectivity index (χ3n) is 4.08. The summed E-state index contributed by atoms with van der Waals surface area (Å²) in [7, 11) is 0. The Morgan fingerprint density at radius 3 is 1.54 bits per heavy atom. The SMILES string of the molecule is CCCCCCCCCCCCCCOC(C(=O)O)C(O)C(=O)O. The van der Waals surface area contributed by atoms with Crippen LogP contribution in [0.4, 0.5) is 0 Å². The van der Waals surface area contributed by atoms with Crippen molar-refractivity contribution in [3.63, 3.8) is 0 Å². The zero-order valence-corrected chi connectivity index (χ0v) is 14.9. The average Bonchev–Trinajstić information content (AvgIpc) is 2.54. The van der Waals surface area contributed by atoms with Gasteiger partial charge in [0.05, 0.1) is 0 Å². The summed E-state index contributed by atoms with van der Waals surface area (Å²) >= 11 is 0. The molecular weight excluding hydrogens is 312 g/mol. The Balaban J connectivity index is 3.46. The monoisotopic (exact) mass is 346 g/mol. The standard InChI is InChI=1S/C18H34O6/c1-2-3-4-5-6-7-8-9-10-11-12-13-14-24-16(18(22)23)15(19)17(20)21/h15-16,19H,2-14H2,1H3,(H,20,21)(H,22,23). The van der Waals surface area contributed by atoms with Crippen LogP contribution < -0.4 is 0 Å². The van der Waals surface area contributed by atoms with E-state index >= 15 is 0 Å². The Bertz CT molecular complexity index is 331. The van der Waals surface area contributed by atoms with Crippen molar-refractivity contribution in [3.8, 4) is 0 Å². The lowest BCUT2D eigenvalue weighted by Crippen LogP contribution is -2.41. The van der Waals surface area contributed by atoms with E-state index < -0.39 is 24.1 Å². The van der Waals surface area contributed by atoms with Gasteiger partial charge in [0.1, 0.15) is 0 Å². The number of carboxylic acid groups (broad SMARTS) is 2. The number of hydrogen-bond donors (Lipinski definition) is 3. The molecule has 0 saturated carbocycles. The third kappa shape index (κ3) is 12.3. The van der Waals surface area contributed by atoms with Gasteiger partial charge in [-0.3, -0.25) is 0 Å². The summed E-state index contributed by atoms with van der Waals surface area (Å²) < 4.78 is 4.99. The first kappa shape index (κ1) is 22.9. The maximum absolute atomic E-state index is 10.8. The van der Waals surface area contributed by atoms with Gasteiger partial charge in [-0.25, -0.2) is 9.59 Å². The summed E-state index contributed by atoms with van der Waals surface area (Å²) in [5.41, 5.74) is 0. The fourth-order valence-corrected chi connectivity index (χ4v) is 2.58. The molecule has 0 aromatic rings. The van der Waals surface area contributed by atoms with Gasteiger partial charge in [0.25, 0.3) is 0 Å². The average molecular weight is 346 g/mol. The molecule has 2 unspecified atom stereocenters. The molecule has 0 heterocycles. The van der Waals surface area contributed by atoms with Crippen LogP contribution in [0.2, 0.25) is 0 Å². The number of hydrogen-bond acceptors (Lipinski definition) is 4. The molecule has 142 valence electrons. The zero-order valence-electron chi connectivity index (χ0n) is 14.9. The number of aliphatic hydroxyl groups is 1. The van der Waals surface area contributed by atoms with Crippen LogP contribution in [-0.2, 0) is 14.3 Å². The van der Waals surface area contributed by atoms with Crippen molar-refractivity contribution < 1.29 is 29.6 Å². The minimum absolute atomic E-state index is 0.152. The second kappa shape index (κ2) is 15.4. The van der Waals surface area contributed by atoms with Gasteiger partial charge in [-0.15, -0.1) is 0 Å². The first-order valence-corrected chi connectivity index (χ1v) is 9.26. The number of carboxylic acids is 2. The predicted octanol–water partition coefficient (Wildman–Crippen LogP) is 3.60. The fraction of sp³-hybridized carbons (Fsp3) is 0.889. The van der Waals surface area contributed by atoms with Gasteiger partial charge in [0, 0.05) is 6.61 Å². The topological polar surface area (TPSA) is 104 Å². The molecule has 2 atom stereocenters. The second-order valence-corrected chi connectivity index (χ2v) is 6.30. The first-order valence-electron chi connectivity index (χ1n) is 9.26. The molecule has 0 aromatic heterocycles. The minimum atomic E-state index is -2.03. The fourth-order valence-electron chi connectivity index (χ4n) is 2.58. The number of aliphatic hydroxyl groups excluding tert-OH is 1. The lowest BCUT2D eigenvalue weighted by Gasteiger charge is -2.16. The van der Waals surface area contributed by atoms with E-state index in [1.807, 2.05) is 0 Å². The summed E-state index contributed by atoms with van der Waals surface area (Å²) in [6, 6.07) is 0. The van der Waals surface area contributed by atoms with Gasteiger partial charge in [0.15, 0.2) is 12.2 Å². The van der Waals surface area contributed by atoms with Crippen LogP contribution in [-0.4, -0.2) is 46.1 Å². The molecule has 0 aliphatic heterocycles. The van der Waals surface area contributed by atoms with E-state index in [1.54, 1.807) is 0 Å². The zero-order chi connectivity index (χ0) is 18.2. The van der Waals surface area contributed by atoms with E-state index in [4.69, 9.17) is 14.9 Å². The van der Waals surface area contributed by atoms with Crippen molar-refractivity contribution in [3.05, 3.63) is 0 Å². The number of rotatable bonds is 17. The van der Waals surface area contributed by atoms with Gasteiger partial charge >= 0.3 is 11.9 Å². The Labute approximate surface area is 145 Å². The van der Waals surface area contributed by atoms with Crippen molar-refractivity contribution in [1.82, 2.24) is 0 Å². The number of unbranched alkanes of at least 4 members (excludes halogenated alkanes) is 11. The highest BCUT2D eigenvalue weighted by atomic mass is 16.5. The Morgan fingerprint density at radius 1 is 0.750 bits per heavy atom.